The summed E-state index contributed by atoms with van der Waals surface area (Å²) in [4.78, 5) is 13.6. The van der Waals surface area contributed by atoms with Gasteiger partial charge in [0.25, 0.3) is 5.91 Å². The van der Waals surface area contributed by atoms with Crippen LogP contribution in [-0.2, 0) is 13.1 Å². The van der Waals surface area contributed by atoms with Gasteiger partial charge in [-0.2, -0.15) is 0 Å². The molecule has 1 aromatic heterocycles. The van der Waals surface area contributed by atoms with E-state index in [0.29, 0.717) is 5.56 Å². The number of hydrogen-bond acceptors (Lipinski definition) is 2. The summed E-state index contributed by atoms with van der Waals surface area (Å²) < 4.78 is 2.25. The maximum Gasteiger partial charge on any atom is 0.253 e. The Morgan fingerprint density at radius 2 is 2.05 bits per heavy atom. The monoisotopic (exact) mass is 285 g/mol. The molecule has 112 valence electrons. The summed E-state index contributed by atoms with van der Waals surface area (Å²) in [5.41, 5.74) is 2.92. The molecule has 0 saturated carbocycles. The van der Waals surface area contributed by atoms with Crippen LogP contribution in [0.1, 0.15) is 29.4 Å². The summed E-state index contributed by atoms with van der Waals surface area (Å²) >= 11 is 0. The van der Waals surface area contributed by atoms with Crippen molar-refractivity contribution in [3.8, 4) is 0 Å². The molecule has 1 heterocycles. The van der Waals surface area contributed by atoms with Crippen LogP contribution in [0.25, 0.3) is 0 Å². The molecule has 1 amide bonds. The maximum atomic E-state index is 12.0. The summed E-state index contributed by atoms with van der Waals surface area (Å²) in [6.07, 6.45) is 3.22. The van der Waals surface area contributed by atoms with E-state index in [9.17, 15) is 4.79 Å². The zero-order valence-electron chi connectivity index (χ0n) is 13.0. The van der Waals surface area contributed by atoms with Crippen LogP contribution < -0.4 is 5.32 Å². The van der Waals surface area contributed by atoms with Crippen LogP contribution in [0.2, 0.25) is 0 Å². The van der Waals surface area contributed by atoms with Crippen LogP contribution in [0.4, 0.5) is 5.69 Å². The molecule has 0 aliphatic heterocycles. The van der Waals surface area contributed by atoms with E-state index in [2.05, 4.69) is 35.1 Å². The molecule has 0 radical (unpaired) electrons. The Morgan fingerprint density at radius 3 is 2.76 bits per heavy atom. The van der Waals surface area contributed by atoms with E-state index in [4.69, 9.17) is 0 Å². The second-order valence-electron chi connectivity index (χ2n) is 5.33. The van der Waals surface area contributed by atoms with E-state index in [0.717, 1.165) is 25.2 Å². The van der Waals surface area contributed by atoms with Gasteiger partial charge in [-0.05, 0) is 36.8 Å². The van der Waals surface area contributed by atoms with E-state index in [1.807, 2.05) is 24.3 Å². The molecule has 2 aromatic rings. The van der Waals surface area contributed by atoms with Crippen molar-refractivity contribution in [2.75, 3.05) is 19.4 Å². The van der Waals surface area contributed by atoms with Gasteiger partial charge in [-0.25, -0.2) is 0 Å². The molecule has 0 bridgehead atoms. The van der Waals surface area contributed by atoms with E-state index in [-0.39, 0.29) is 5.91 Å². The van der Waals surface area contributed by atoms with Gasteiger partial charge >= 0.3 is 0 Å². The van der Waals surface area contributed by atoms with Gasteiger partial charge in [0, 0.05) is 43.8 Å². The third kappa shape index (κ3) is 3.88. The highest BCUT2D eigenvalue weighted by Crippen LogP contribution is 2.14. The van der Waals surface area contributed by atoms with Gasteiger partial charge in [0.05, 0.1) is 6.54 Å². The van der Waals surface area contributed by atoms with Gasteiger partial charge in [-0.1, -0.05) is 13.0 Å². The quantitative estimate of drug-likeness (QED) is 0.885. The lowest BCUT2D eigenvalue weighted by atomic mass is 10.2. The molecule has 1 aromatic carbocycles. The first-order valence-electron chi connectivity index (χ1n) is 7.31. The zero-order chi connectivity index (χ0) is 15.2. The smallest absolute Gasteiger partial charge is 0.253 e. The highest BCUT2D eigenvalue weighted by molar-refractivity contribution is 5.94. The van der Waals surface area contributed by atoms with Gasteiger partial charge in [0.15, 0.2) is 0 Å². The number of nitrogens with zero attached hydrogens (tertiary/aromatic N) is 2. The number of nitrogens with one attached hydrogen (secondary N) is 1. The predicted octanol–water partition coefficient (Wildman–Crippen LogP) is 3.21. The number of hydrogen-bond donors (Lipinski definition) is 1. The first-order chi connectivity index (χ1) is 10.1. The molecule has 0 aliphatic rings. The number of anilines is 1. The third-order valence-electron chi connectivity index (χ3n) is 3.38. The Hall–Kier alpha value is -2.23. The number of aryl methyl sites for hydroxylation is 1. The molecule has 0 aliphatic carbocycles. The average molecular weight is 285 g/mol. The minimum Gasteiger partial charge on any atom is -0.379 e. The van der Waals surface area contributed by atoms with Crippen LogP contribution in [-0.4, -0.2) is 29.5 Å². The topological polar surface area (TPSA) is 37.3 Å². The Morgan fingerprint density at radius 1 is 1.24 bits per heavy atom. The highest BCUT2D eigenvalue weighted by Gasteiger charge is 2.08. The number of aromatic nitrogens is 1. The lowest BCUT2D eigenvalue weighted by molar-refractivity contribution is 0.0827. The second kappa shape index (κ2) is 6.97. The van der Waals surface area contributed by atoms with E-state index >= 15 is 0 Å². The van der Waals surface area contributed by atoms with E-state index < -0.39 is 0 Å². The third-order valence-corrected chi connectivity index (χ3v) is 3.38. The summed E-state index contributed by atoms with van der Waals surface area (Å²) in [5.74, 6) is 0.0213. The van der Waals surface area contributed by atoms with Crippen molar-refractivity contribution in [3.63, 3.8) is 0 Å². The predicted molar refractivity (Wildman–Crippen MR) is 86.5 cm³/mol. The first-order valence-corrected chi connectivity index (χ1v) is 7.31. The van der Waals surface area contributed by atoms with Crippen molar-refractivity contribution in [1.29, 1.82) is 0 Å². The SMILES string of the molecule is CCCn1cccc1CNc1cccc(C(=O)N(C)C)c1. The van der Waals surface area contributed by atoms with Crippen LogP contribution in [0.5, 0.6) is 0 Å². The minimum atomic E-state index is 0.0213. The fraction of sp³-hybridized carbons (Fsp3) is 0.353. The Kier molecular flexibility index (Phi) is 5.04. The van der Waals surface area contributed by atoms with Gasteiger partial charge < -0.3 is 14.8 Å². The van der Waals surface area contributed by atoms with Crippen LogP contribution >= 0.6 is 0 Å². The summed E-state index contributed by atoms with van der Waals surface area (Å²) in [7, 11) is 3.53. The standard InChI is InChI=1S/C17H23N3O/c1-4-10-20-11-6-9-16(20)13-18-15-8-5-7-14(12-15)17(21)19(2)3/h5-9,11-12,18H,4,10,13H2,1-3H3. The summed E-state index contributed by atoms with van der Waals surface area (Å²) in [6, 6.07) is 11.8. The molecule has 0 fully saturated rings. The zero-order valence-corrected chi connectivity index (χ0v) is 13.0. The van der Waals surface area contributed by atoms with Crippen molar-refractivity contribution in [2.45, 2.75) is 26.4 Å². The fourth-order valence-electron chi connectivity index (χ4n) is 2.28. The molecular formula is C17H23N3O. The van der Waals surface area contributed by atoms with Crippen molar-refractivity contribution >= 4 is 11.6 Å². The molecule has 0 atom stereocenters. The number of rotatable bonds is 6. The molecule has 1 N–H and O–H groups in total. The van der Waals surface area contributed by atoms with Gasteiger partial charge in [-0.15, -0.1) is 0 Å². The van der Waals surface area contributed by atoms with Crippen LogP contribution in [0.3, 0.4) is 0 Å². The minimum absolute atomic E-state index is 0.0213. The van der Waals surface area contributed by atoms with Crippen molar-refractivity contribution < 1.29 is 4.79 Å². The average Bonchev–Trinajstić information content (AvgIpc) is 2.92. The van der Waals surface area contributed by atoms with Crippen LogP contribution in [0, 0.1) is 0 Å². The second-order valence-corrected chi connectivity index (χ2v) is 5.33. The number of amides is 1. The van der Waals surface area contributed by atoms with Crippen molar-refractivity contribution in [3.05, 3.63) is 53.9 Å². The molecule has 2 rings (SSSR count). The number of benzene rings is 1. The molecule has 0 saturated heterocycles. The molecule has 4 heteroatoms. The Bertz CT molecular complexity index is 602. The molecule has 0 unspecified atom stereocenters. The summed E-state index contributed by atoms with van der Waals surface area (Å²) in [6.45, 7) is 3.96. The number of carbonyl (C=O) groups excluding carboxylic acids is 1. The van der Waals surface area contributed by atoms with Gasteiger partial charge in [0.2, 0.25) is 0 Å². The van der Waals surface area contributed by atoms with Crippen LogP contribution in [0.15, 0.2) is 42.6 Å². The lowest BCUT2D eigenvalue weighted by Crippen LogP contribution is -2.21. The fourth-order valence-corrected chi connectivity index (χ4v) is 2.28. The number of carbonyl (C=O) groups is 1. The molecule has 0 spiro atoms. The summed E-state index contributed by atoms with van der Waals surface area (Å²) in [5, 5.41) is 3.39. The molecule has 21 heavy (non-hydrogen) atoms. The maximum absolute atomic E-state index is 12.0. The Labute approximate surface area is 126 Å². The molecular weight excluding hydrogens is 262 g/mol. The largest absolute Gasteiger partial charge is 0.379 e. The van der Waals surface area contributed by atoms with Crippen molar-refractivity contribution in [1.82, 2.24) is 9.47 Å². The van der Waals surface area contributed by atoms with Crippen molar-refractivity contribution in [2.24, 2.45) is 0 Å². The normalized spacial score (nSPS) is 10.4. The van der Waals surface area contributed by atoms with E-state index in [1.54, 1.807) is 19.0 Å². The highest BCUT2D eigenvalue weighted by atomic mass is 16.2. The lowest BCUT2D eigenvalue weighted by Gasteiger charge is -2.13. The molecule has 4 nitrogen and oxygen atoms in total. The van der Waals surface area contributed by atoms with Gasteiger partial charge in [0.1, 0.15) is 0 Å². The van der Waals surface area contributed by atoms with Gasteiger partial charge in [-0.3, -0.25) is 4.79 Å². The van der Waals surface area contributed by atoms with E-state index in [1.165, 1.54) is 5.69 Å². The Balaban J connectivity index is 2.05. The first kappa shape index (κ1) is 15.2.